The second kappa shape index (κ2) is 3.76. The zero-order chi connectivity index (χ0) is 9.14. The lowest BCUT2D eigenvalue weighted by molar-refractivity contribution is -0.460. The van der Waals surface area contributed by atoms with Gasteiger partial charge in [-0.3, -0.25) is 0 Å². The lowest BCUT2D eigenvalue weighted by Crippen LogP contribution is -2.09. The van der Waals surface area contributed by atoms with E-state index in [1.807, 2.05) is 30.8 Å². The zero-order valence-electron chi connectivity index (χ0n) is 7.70. The van der Waals surface area contributed by atoms with Crippen LogP contribution in [0.2, 0.25) is 0 Å². The molecule has 0 aromatic heterocycles. The van der Waals surface area contributed by atoms with Crippen molar-refractivity contribution in [2.45, 2.75) is 6.92 Å². The number of benzene rings is 1. The van der Waals surface area contributed by atoms with Gasteiger partial charge in [-0.1, -0.05) is 30.8 Å². The van der Waals surface area contributed by atoms with Crippen molar-refractivity contribution in [2.24, 2.45) is 0 Å². The zero-order valence-corrected chi connectivity index (χ0v) is 8.60. The second-order valence-electron chi connectivity index (χ2n) is 3.03. The van der Waals surface area contributed by atoms with Crippen molar-refractivity contribution in [2.75, 3.05) is 14.1 Å². The number of hydrogen-bond donors (Lipinski definition) is 1. The standard InChI is InChI=1S/C10H13NS/c1-8-6-4-5-7-9(8)10(12)11(2)3/h4-7H,1-3H3/p+1. The van der Waals surface area contributed by atoms with Gasteiger partial charge in [-0.15, -0.1) is 0 Å². The third-order valence-electron chi connectivity index (χ3n) is 1.81. The minimum Gasteiger partial charge on any atom is -0.229 e. The highest BCUT2D eigenvalue weighted by molar-refractivity contribution is 7.97. The average Bonchev–Trinajstić information content (AvgIpc) is 2.04. The van der Waals surface area contributed by atoms with E-state index in [4.69, 9.17) is 0 Å². The van der Waals surface area contributed by atoms with Gasteiger partial charge in [0.1, 0.15) is 14.1 Å². The van der Waals surface area contributed by atoms with E-state index in [0.717, 1.165) is 5.04 Å². The lowest BCUT2D eigenvalue weighted by Gasteiger charge is -2.00. The molecule has 64 valence electrons. The van der Waals surface area contributed by atoms with Gasteiger partial charge in [-0.05, 0) is 18.6 Å². The minimum absolute atomic E-state index is 1.01. The van der Waals surface area contributed by atoms with Crippen LogP contribution in [0.15, 0.2) is 24.3 Å². The van der Waals surface area contributed by atoms with Crippen molar-refractivity contribution in [3.8, 4) is 0 Å². The highest BCUT2D eigenvalue weighted by Crippen LogP contribution is 2.09. The van der Waals surface area contributed by atoms with Crippen LogP contribution in [-0.4, -0.2) is 23.7 Å². The molecule has 0 aliphatic heterocycles. The van der Waals surface area contributed by atoms with Crippen molar-refractivity contribution in [1.29, 1.82) is 0 Å². The van der Waals surface area contributed by atoms with Gasteiger partial charge in [-0.2, -0.15) is 0 Å². The van der Waals surface area contributed by atoms with E-state index in [2.05, 4.69) is 31.7 Å². The van der Waals surface area contributed by atoms with E-state index in [9.17, 15) is 0 Å². The quantitative estimate of drug-likeness (QED) is 0.291. The molecule has 0 saturated heterocycles. The highest BCUT2D eigenvalue weighted by atomic mass is 32.1. The van der Waals surface area contributed by atoms with E-state index in [-0.39, 0.29) is 0 Å². The summed E-state index contributed by atoms with van der Waals surface area (Å²) in [6, 6.07) is 8.24. The molecule has 0 amide bonds. The van der Waals surface area contributed by atoms with Gasteiger partial charge in [0.2, 0.25) is 5.04 Å². The maximum Gasteiger partial charge on any atom is 0.238 e. The Bertz CT molecular complexity index is 311. The van der Waals surface area contributed by atoms with Crippen LogP contribution in [0.25, 0.3) is 0 Å². The predicted molar refractivity (Wildman–Crippen MR) is 56.4 cm³/mol. The fourth-order valence-electron chi connectivity index (χ4n) is 1.06. The Morgan fingerprint density at radius 1 is 1.25 bits per heavy atom. The van der Waals surface area contributed by atoms with E-state index >= 15 is 0 Å². The Labute approximate surface area is 79.2 Å². The van der Waals surface area contributed by atoms with Gasteiger partial charge in [0.05, 0.1) is 5.56 Å². The van der Waals surface area contributed by atoms with E-state index < -0.39 is 0 Å². The fourth-order valence-corrected chi connectivity index (χ4v) is 1.32. The third-order valence-corrected chi connectivity index (χ3v) is 2.45. The molecule has 1 aromatic rings. The van der Waals surface area contributed by atoms with Crippen molar-refractivity contribution < 1.29 is 4.58 Å². The first-order valence-corrected chi connectivity index (χ1v) is 4.37. The summed E-state index contributed by atoms with van der Waals surface area (Å²) in [5, 5.41) is 1.01. The van der Waals surface area contributed by atoms with E-state index in [1.54, 1.807) is 0 Å². The van der Waals surface area contributed by atoms with Crippen LogP contribution in [0.5, 0.6) is 0 Å². The van der Waals surface area contributed by atoms with Gasteiger partial charge in [0.15, 0.2) is 0 Å². The van der Waals surface area contributed by atoms with Crippen LogP contribution in [0.3, 0.4) is 0 Å². The molecule has 12 heavy (non-hydrogen) atoms. The fraction of sp³-hybridized carbons (Fsp3) is 0.300. The van der Waals surface area contributed by atoms with E-state index in [1.165, 1.54) is 11.1 Å². The Hall–Kier alpha value is -0.760. The van der Waals surface area contributed by atoms with Crippen LogP contribution in [-0.2, 0) is 0 Å². The molecule has 0 saturated carbocycles. The number of rotatable bonds is 1. The molecule has 0 heterocycles. The lowest BCUT2D eigenvalue weighted by atomic mass is 10.1. The first kappa shape index (κ1) is 9.33. The molecule has 0 aliphatic rings. The largest absolute Gasteiger partial charge is 0.238 e. The summed E-state index contributed by atoms with van der Waals surface area (Å²) in [6.07, 6.45) is 0. The van der Waals surface area contributed by atoms with Gasteiger partial charge < -0.3 is 0 Å². The van der Waals surface area contributed by atoms with Crippen LogP contribution in [0.1, 0.15) is 11.1 Å². The molecule has 0 unspecified atom stereocenters. The van der Waals surface area contributed by atoms with E-state index in [0.29, 0.717) is 0 Å². The normalized spacial score (nSPS) is 9.67. The van der Waals surface area contributed by atoms with Crippen molar-refractivity contribution in [3.05, 3.63) is 35.4 Å². The molecule has 0 aliphatic carbocycles. The number of hydrogen-bond acceptors (Lipinski definition) is 0. The topological polar surface area (TPSA) is 3.01 Å². The number of thiol groups is 1. The molecule has 0 radical (unpaired) electrons. The third kappa shape index (κ3) is 1.89. The van der Waals surface area contributed by atoms with Crippen LogP contribution >= 0.6 is 12.6 Å². The molecule has 0 N–H and O–H groups in total. The maximum absolute atomic E-state index is 4.43. The van der Waals surface area contributed by atoms with Crippen LogP contribution in [0.4, 0.5) is 0 Å². The summed E-state index contributed by atoms with van der Waals surface area (Å²) < 4.78 is 2.01. The summed E-state index contributed by atoms with van der Waals surface area (Å²) in [7, 11) is 3.99. The highest BCUT2D eigenvalue weighted by Gasteiger charge is 2.07. The summed E-state index contributed by atoms with van der Waals surface area (Å²) in [5.41, 5.74) is 2.46. The molecule has 1 rings (SSSR count). The minimum atomic E-state index is 1.01. The van der Waals surface area contributed by atoms with Crippen molar-refractivity contribution in [1.82, 2.24) is 0 Å². The second-order valence-corrected chi connectivity index (χ2v) is 3.46. The Morgan fingerprint density at radius 3 is 2.33 bits per heavy atom. The SMILES string of the molecule is Cc1ccccc1C(S)=[N+](C)C. The molecule has 0 atom stereocenters. The molecule has 0 spiro atoms. The first-order valence-electron chi connectivity index (χ1n) is 3.92. The monoisotopic (exact) mass is 180 g/mol. The molecule has 1 aromatic carbocycles. The molecule has 0 bridgehead atoms. The number of aryl methyl sites for hydroxylation is 1. The molecule has 2 heteroatoms. The predicted octanol–water partition coefficient (Wildman–Crippen LogP) is 1.94. The van der Waals surface area contributed by atoms with Crippen molar-refractivity contribution >= 4 is 17.7 Å². The van der Waals surface area contributed by atoms with Crippen LogP contribution in [0, 0.1) is 6.92 Å². The Balaban J connectivity index is 3.21. The van der Waals surface area contributed by atoms with Gasteiger partial charge in [0.25, 0.3) is 0 Å². The maximum atomic E-state index is 4.43. The average molecular weight is 180 g/mol. The van der Waals surface area contributed by atoms with Gasteiger partial charge in [-0.25, -0.2) is 4.58 Å². The molecular formula is C10H14NS+. The first-order chi connectivity index (χ1) is 5.63. The molecular weight excluding hydrogens is 166 g/mol. The molecule has 1 nitrogen and oxygen atoms in total. The van der Waals surface area contributed by atoms with Gasteiger partial charge in [0, 0.05) is 0 Å². The van der Waals surface area contributed by atoms with Crippen LogP contribution < -0.4 is 0 Å². The summed E-state index contributed by atoms with van der Waals surface area (Å²) in [4.78, 5) is 0. The molecule has 0 fully saturated rings. The number of nitrogens with zero attached hydrogens (tertiary/aromatic N) is 1. The summed E-state index contributed by atoms with van der Waals surface area (Å²) >= 11 is 4.43. The van der Waals surface area contributed by atoms with Crippen molar-refractivity contribution in [3.63, 3.8) is 0 Å². The Morgan fingerprint density at radius 2 is 1.83 bits per heavy atom. The Kier molecular flexibility index (Phi) is 2.93. The smallest absolute Gasteiger partial charge is 0.229 e. The summed E-state index contributed by atoms with van der Waals surface area (Å²) in [6.45, 7) is 2.09. The van der Waals surface area contributed by atoms with Gasteiger partial charge >= 0.3 is 0 Å². The summed E-state index contributed by atoms with van der Waals surface area (Å²) in [5.74, 6) is 0.